The third kappa shape index (κ3) is 12.4. The predicted molar refractivity (Wildman–Crippen MR) is 176 cm³/mol. The van der Waals surface area contributed by atoms with Crippen LogP contribution in [-0.4, -0.2) is 67.6 Å². The Hall–Kier alpha value is -3.99. The molecule has 7 N–H and O–H groups in total. The molecule has 1 atom stereocenters. The Balaban J connectivity index is 0.000000803. The Morgan fingerprint density at radius 1 is 1.12 bits per heavy atom. The van der Waals surface area contributed by atoms with Crippen molar-refractivity contribution in [2.24, 2.45) is 22.4 Å². The Bertz CT molecular complexity index is 1230. The summed E-state index contributed by atoms with van der Waals surface area (Å²) in [6.07, 6.45) is 4.68. The summed E-state index contributed by atoms with van der Waals surface area (Å²) in [5.74, 6) is -0.447. The molecule has 1 aliphatic rings. The van der Waals surface area contributed by atoms with E-state index >= 15 is 0 Å². The molecule has 1 heterocycles. The van der Waals surface area contributed by atoms with Gasteiger partial charge in [0.1, 0.15) is 11.3 Å². The van der Waals surface area contributed by atoms with Crippen molar-refractivity contribution < 1.29 is 19.4 Å². The lowest BCUT2D eigenvalue weighted by molar-refractivity contribution is -0.121. The second-order valence-corrected chi connectivity index (χ2v) is 10.9. The van der Waals surface area contributed by atoms with Crippen LogP contribution in [0.2, 0.25) is 0 Å². The van der Waals surface area contributed by atoms with Gasteiger partial charge in [-0.05, 0) is 67.9 Å². The first-order valence-electron chi connectivity index (χ1n) is 14.4. The van der Waals surface area contributed by atoms with Gasteiger partial charge in [0, 0.05) is 32.9 Å². The number of ether oxygens (including phenoxy) is 1. The summed E-state index contributed by atoms with van der Waals surface area (Å²) in [5.41, 5.74) is 13.4. The maximum atomic E-state index is 13.1. The standard InChI is InChI=1S/C27H36N2O4.C4H11N5.ClH/c1-4-33-25-17-20(12-13-22(25)27(31)32)18-26(30)28-23(16-19(2)3)21-10-6-7-11-24(21)29-14-8-5-9-15-29;1-9(2)4(7)8-3(5)6;/h6-7,10-13,17,19,23H,4-5,8-9,14-16,18H2,1-3H3,(H,28,30)(H,31,32);1-2H3,(H5,5,6,7,8);1H/t23-;;/m0../s1. The number of nitrogens with two attached hydrogens (primary N) is 2. The zero-order valence-electron chi connectivity index (χ0n) is 25.9. The van der Waals surface area contributed by atoms with E-state index in [4.69, 9.17) is 21.6 Å². The molecule has 11 nitrogen and oxygen atoms in total. The SMILES string of the molecule is CCOc1cc(CC(=O)N[C@@H](CC(C)C)c2ccccc2N2CCCCC2)ccc1C(=O)O.CN(C)C(N)=NC(=N)N.Cl. The average Bonchev–Trinajstić information content (AvgIpc) is 2.93. The Morgan fingerprint density at radius 2 is 1.77 bits per heavy atom. The van der Waals surface area contributed by atoms with Crippen molar-refractivity contribution >= 4 is 41.9 Å². The Kier molecular flexibility index (Phi) is 16.0. The molecule has 0 spiro atoms. The minimum Gasteiger partial charge on any atom is -0.493 e. The van der Waals surface area contributed by atoms with Crippen LogP contribution in [0.3, 0.4) is 0 Å². The number of benzene rings is 2. The van der Waals surface area contributed by atoms with Gasteiger partial charge in [0.05, 0.1) is 19.1 Å². The summed E-state index contributed by atoms with van der Waals surface area (Å²) in [5, 5.41) is 19.3. The first kappa shape index (κ1) is 37.0. The number of halogens is 1. The van der Waals surface area contributed by atoms with Gasteiger partial charge in [0.25, 0.3) is 0 Å². The normalized spacial score (nSPS) is 13.6. The maximum absolute atomic E-state index is 13.1. The van der Waals surface area contributed by atoms with E-state index in [0.29, 0.717) is 18.3 Å². The van der Waals surface area contributed by atoms with E-state index < -0.39 is 5.97 Å². The molecule has 0 saturated carbocycles. The summed E-state index contributed by atoms with van der Waals surface area (Å²) >= 11 is 0. The number of para-hydroxylation sites is 1. The van der Waals surface area contributed by atoms with Gasteiger partial charge in [-0.3, -0.25) is 10.2 Å². The topological polar surface area (TPSA) is 170 Å². The maximum Gasteiger partial charge on any atom is 0.339 e. The van der Waals surface area contributed by atoms with Gasteiger partial charge in [0.2, 0.25) is 11.9 Å². The molecule has 3 rings (SSSR count). The van der Waals surface area contributed by atoms with Gasteiger partial charge in [-0.15, -0.1) is 12.4 Å². The van der Waals surface area contributed by atoms with Crippen LogP contribution >= 0.6 is 12.4 Å². The number of aliphatic imine (C=N–C) groups is 1. The minimum atomic E-state index is -1.04. The third-order valence-corrected chi connectivity index (χ3v) is 6.69. The van der Waals surface area contributed by atoms with Gasteiger partial charge in [-0.1, -0.05) is 38.1 Å². The first-order valence-corrected chi connectivity index (χ1v) is 14.4. The quantitative estimate of drug-likeness (QED) is 0.193. The number of hydrogen-bond donors (Lipinski definition) is 5. The van der Waals surface area contributed by atoms with Gasteiger partial charge in [0.15, 0.2) is 5.96 Å². The minimum absolute atomic E-state index is 0. The number of nitrogens with one attached hydrogen (secondary N) is 2. The predicted octanol–water partition coefficient (Wildman–Crippen LogP) is 4.40. The van der Waals surface area contributed by atoms with E-state index in [9.17, 15) is 14.7 Å². The number of aromatic carboxylic acids is 1. The molecule has 238 valence electrons. The van der Waals surface area contributed by atoms with E-state index in [1.807, 2.05) is 6.07 Å². The zero-order chi connectivity index (χ0) is 31.2. The van der Waals surface area contributed by atoms with Crippen LogP contribution in [0, 0.1) is 11.3 Å². The number of carboxylic acids is 1. The smallest absolute Gasteiger partial charge is 0.339 e. The molecule has 0 bridgehead atoms. The molecular weight excluding hydrogens is 570 g/mol. The number of hydrogen-bond acceptors (Lipinski definition) is 5. The molecule has 12 heteroatoms. The fraction of sp³-hybridized carbons (Fsp3) is 0.484. The summed E-state index contributed by atoms with van der Waals surface area (Å²) < 4.78 is 5.49. The third-order valence-electron chi connectivity index (χ3n) is 6.69. The zero-order valence-corrected chi connectivity index (χ0v) is 26.7. The van der Waals surface area contributed by atoms with E-state index in [1.54, 1.807) is 38.1 Å². The number of carbonyl (C=O) groups excluding carboxylic acids is 1. The lowest BCUT2D eigenvalue weighted by atomic mass is 9.94. The lowest BCUT2D eigenvalue weighted by Crippen LogP contribution is -2.34. The molecule has 2 aromatic carbocycles. The van der Waals surface area contributed by atoms with E-state index in [-0.39, 0.29) is 48.3 Å². The van der Waals surface area contributed by atoms with Crippen molar-refractivity contribution in [1.29, 1.82) is 5.41 Å². The average molecular weight is 618 g/mol. The van der Waals surface area contributed by atoms with Crippen LogP contribution in [-0.2, 0) is 11.2 Å². The molecule has 1 aliphatic heterocycles. The van der Waals surface area contributed by atoms with Crippen LogP contribution < -0.4 is 26.4 Å². The van der Waals surface area contributed by atoms with Crippen LogP contribution in [0.5, 0.6) is 5.75 Å². The van der Waals surface area contributed by atoms with Crippen molar-refractivity contribution in [2.45, 2.75) is 58.9 Å². The molecule has 43 heavy (non-hydrogen) atoms. The molecule has 0 aliphatic carbocycles. The second-order valence-electron chi connectivity index (χ2n) is 10.9. The second kappa shape index (κ2) is 18.5. The number of piperidine rings is 1. The number of guanidine groups is 2. The van der Waals surface area contributed by atoms with Crippen LogP contribution in [0.4, 0.5) is 5.69 Å². The number of carbonyl (C=O) groups is 2. The summed E-state index contributed by atoms with van der Waals surface area (Å²) in [4.78, 5) is 32.0. The fourth-order valence-electron chi connectivity index (χ4n) is 4.72. The highest BCUT2D eigenvalue weighted by Gasteiger charge is 2.23. The van der Waals surface area contributed by atoms with Crippen molar-refractivity contribution in [1.82, 2.24) is 10.2 Å². The number of carboxylic acid groups (broad SMARTS) is 1. The summed E-state index contributed by atoms with van der Waals surface area (Å²) in [7, 11) is 3.45. The highest BCUT2D eigenvalue weighted by molar-refractivity contribution is 5.92. The Morgan fingerprint density at radius 3 is 2.30 bits per heavy atom. The van der Waals surface area contributed by atoms with Gasteiger partial charge < -0.3 is 36.4 Å². The number of amides is 1. The molecule has 0 unspecified atom stereocenters. The van der Waals surface area contributed by atoms with Crippen LogP contribution in [0.25, 0.3) is 0 Å². The Labute approximate surface area is 261 Å². The number of rotatable bonds is 10. The van der Waals surface area contributed by atoms with Gasteiger partial charge in [-0.2, -0.15) is 4.99 Å². The molecule has 1 amide bonds. The highest BCUT2D eigenvalue weighted by Crippen LogP contribution is 2.32. The van der Waals surface area contributed by atoms with E-state index in [0.717, 1.165) is 30.6 Å². The molecule has 0 radical (unpaired) electrons. The van der Waals surface area contributed by atoms with Crippen molar-refractivity contribution in [3.63, 3.8) is 0 Å². The first-order chi connectivity index (χ1) is 19.9. The largest absolute Gasteiger partial charge is 0.493 e. The molecule has 0 aromatic heterocycles. The highest BCUT2D eigenvalue weighted by atomic mass is 35.5. The molecule has 2 aromatic rings. The van der Waals surface area contributed by atoms with Crippen LogP contribution in [0.1, 0.15) is 74.0 Å². The molecule has 1 saturated heterocycles. The number of nitrogens with zero attached hydrogens (tertiary/aromatic N) is 3. The monoisotopic (exact) mass is 617 g/mol. The fourth-order valence-corrected chi connectivity index (χ4v) is 4.72. The number of anilines is 1. The summed E-state index contributed by atoms with van der Waals surface area (Å²) in [6.45, 7) is 8.61. The van der Waals surface area contributed by atoms with Crippen molar-refractivity contribution in [3.05, 3.63) is 59.2 Å². The van der Waals surface area contributed by atoms with Crippen LogP contribution in [0.15, 0.2) is 47.5 Å². The van der Waals surface area contributed by atoms with Gasteiger partial charge in [-0.25, -0.2) is 4.79 Å². The van der Waals surface area contributed by atoms with Gasteiger partial charge >= 0.3 is 5.97 Å². The van der Waals surface area contributed by atoms with E-state index in [1.165, 1.54) is 31.0 Å². The molecule has 1 fully saturated rings. The van der Waals surface area contributed by atoms with Crippen molar-refractivity contribution in [2.75, 3.05) is 38.7 Å². The van der Waals surface area contributed by atoms with Crippen molar-refractivity contribution in [3.8, 4) is 5.75 Å². The lowest BCUT2D eigenvalue weighted by Gasteiger charge is -2.33. The summed E-state index contributed by atoms with van der Waals surface area (Å²) in [6, 6.07) is 13.2. The molecular formula is C31H48ClN7O4. The van der Waals surface area contributed by atoms with E-state index in [2.05, 4.69) is 47.3 Å².